The number of likely N-dealkylation sites (N-methyl/N-ethyl adjacent to an activating group) is 1. The number of carbonyl (C=O) groups is 1. The Hall–Kier alpha value is -2.00. The van der Waals surface area contributed by atoms with Crippen LogP contribution in [0.5, 0.6) is 0 Å². The average molecular weight is 287 g/mol. The number of para-hydroxylation sites is 3. The highest BCUT2D eigenvalue weighted by molar-refractivity contribution is 6.34. The molecule has 3 nitrogen and oxygen atoms in total. The van der Waals surface area contributed by atoms with Gasteiger partial charge in [0.25, 0.3) is 0 Å². The Morgan fingerprint density at radius 1 is 1.05 bits per heavy atom. The zero-order valence-corrected chi connectivity index (χ0v) is 12.0. The first-order valence-corrected chi connectivity index (χ1v) is 6.91. The number of carbonyl (C=O) groups excluding carboxylic acids is 1. The molecule has 2 aromatic carbocycles. The molecule has 0 spiro atoms. The third-order valence-corrected chi connectivity index (χ3v) is 3.96. The molecule has 102 valence electrons. The van der Waals surface area contributed by atoms with Gasteiger partial charge < -0.3 is 9.80 Å². The minimum atomic E-state index is 0.606. The lowest BCUT2D eigenvalue weighted by Crippen LogP contribution is -2.36. The van der Waals surface area contributed by atoms with Gasteiger partial charge in [-0.15, -0.1) is 0 Å². The lowest BCUT2D eigenvalue weighted by atomic mass is 10.1. The molecule has 20 heavy (non-hydrogen) atoms. The van der Waals surface area contributed by atoms with Gasteiger partial charge in [-0.25, -0.2) is 0 Å². The predicted molar refractivity (Wildman–Crippen MR) is 83.6 cm³/mol. The number of nitrogens with zero attached hydrogens (tertiary/aromatic N) is 2. The van der Waals surface area contributed by atoms with Gasteiger partial charge in [0.1, 0.15) is 0 Å². The van der Waals surface area contributed by atoms with Gasteiger partial charge in [-0.05, 0) is 24.3 Å². The second kappa shape index (κ2) is 5.17. The van der Waals surface area contributed by atoms with E-state index in [1.165, 1.54) is 0 Å². The Kier molecular flexibility index (Phi) is 3.36. The monoisotopic (exact) mass is 286 g/mol. The van der Waals surface area contributed by atoms with Crippen molar-refractivity contribution >= 4 is 34.9 Å². The number of hydrogen-bond donors (Lipinski definition) is 0. The lowest BCUT2D eigenvalue weighted by molar-refractivity contribution is 0.112. The maximum Gasteiger partial charge on any atom is 0.152 e. The van der Waals surface area contributed by atoms with Crippen molar-refractivity contribution in [3.05, 3.63) is 53.1 Å². The van der Waals surface area contributed by atoms with Crippen LogP contribution in [-0.2, 0) is 0 Å². The van der Waals surface area contributed by atoms with E-state index in [1.807, 2.05) is 18.2 Å². The zero-order chi connectivity index (χ0) is 14.1. The van der Waals surface area contributed by atoms with E-state index >= 15 is 0 Å². The van der Waals surface area contributed by atoms with E-state index in [9.17, 15) is 4.79 Å². The number of rotatable bonds is 2. The summed E-state index contributed by atoms with van der Waals surface area (Å²) in [7, 11) is 2.07. The minimum Gasteiger partial charge on any atom is -0.371 e. The van der Waals surface area contributed by atoms with Crippen LogP contribution in [0.1, 0.15) is 10.4 Å². The van der Waals surface area contributed by atoms with E-state index in [4.69, 9.17) is 11.6 Å². The summed E-state index contributed by atoms with van der Waals surface area (Å²) in [4.78, 5) is 15.6. The van der Waals surface area contributed by atoms with Crippen molar-refractivity contribution in [3.63, 3.8) is 0 Å². The molecular formula is C16H15ClN2O. The van der Waals surface area contributed by atoms with Crippen molar-refractivity contribution in [3.8, 4) is 0 Å². The van der Waals surface area contributed by atoms with Gasteiger partial charge in [0.15, 0.2) is 6.29 Å². The molecule has 0 N–H and O–H groups in total. The van der Waals surface area contributed by atoms with E-state index in [0.717, 1.165) is 36.4 Å². The smallest absolute Gasteiger partial charge is 0.152 e. The van der Waals surface area contributed by atoms with Crippen LogP contribution in [0.25, 0.3) is 0 Å². The van der Waals surface area contributed by atoms with Crippen molar-refractivity contribution < 1.29 is 4.79 Å². The molecule has 1 aliphatic rings. The molecule has 0 radical (unpaired) electrons. The SMILES string of the molecule is CN1CCN(c2c(Cl)cccc2C=O)c2ccccc21. The van der Waals surface area contributed by atoms with Crippen molar-refractivity contribution in [2.45, 2.75) is 0 Å². The fourth-order valence-corrected chi connectivity index (χ4v) is 2.93. The second-order valence-corrected chi connectivity index (χ2v) is 5.26. The molecule has 3 rings (SSSR count). The van der Waals surface area contributed by atoms with E-state index in [0.29, 0.717) is 10.6 Å². The molecule has 0 atom stereocenters. The summed E-state index contributed by atoms with van der Waals surface area (Å²) < 4.78 is 0. The molecule has 0 saturated carbocycles. The number of aldehydes is 1. The fourth-order valence-electron chi connectivity index (χ4n) is 2.65. The van der Waals surface area contributed by atoms with Crippen LogP contribution in [0.15, 0.2) is 42.5 Å². The zero-order valence-electron chi connectivity index (χ0n) is 11.2. The van der Waals surface area contributed by atoms with Gasteiger partial charge >= 0.3 is 0 Å². The van der Waals surface area contributed by atoms with Gasteiger partial charge in [-0.3, -0.25) is 4.79 Å². The van der Waals surface area contributed by atoms with Gasteiger partial charge in [0.2, 0.25) is 0 Å². The number of halogens is 1. The van der Waals surface area contributed by atoms with Crippen molar-refractivity contribution in [2.24, 2.45) is 0 Å². The first-order valence-electron chi connectivity index (χ1n) is 6.54. The molecule has 0 unspecified atom stereocenters. The van der Waals surface area contributed by atoms with Crippen LogP contribution in [0.3, 0.4) is 0 Å². The molecule has 1 aliphatic heterocycles. The van der Waals surface area contributed by atoms with Crippen molar-refractivity contribution in [1.29, 1.82) is 0 Å². The van der Waals surface area contributed by atoms with Gasteiger partial charge in [-0.2, -0.15) is 0 Å². The molecular weight excluding hydrogens is 272 g/mol. The van der Waals surface area contributed by atoms with E-state index in [1.54, 1.807) is 12.1 Å². The molecule has 0 fully saturated rings. The topological polar surface area (TPSA) is 23.6 Å². The van der Waals surface area contributed by atoms with Crippen molar-refractivity contribution in [2.75, 3.05) is 29.9 Å². The molecule has 0 amide bonds. The first kappa shape index (κ1) is 13.0. The normalized spacial score (nSPS) is 14.1. The molecule has 0 saturated heterocycles. The molecule has 0 aliphatic carbocycles. The van der Waals surface area contributed by atoms with Crippen molar-refractivity contribution in [1.82, 2.24) is 0 Å². The number of hydrogen-bond acceptors (Lipinski definition) is 3. The predicted octanol–water partition coefficient (Wildman–Crippen LogP) is 3.74. The molecule has 2 aromatic rings. The molecule has 0 aromatic heterocycles. The Morgan fingerprint density at radius 3 is 2.55 bits per heavy atom. The highest BCUT2D eigenvalue weighted by Gasteiger charge is 2.24. The minimum absolute atomic E-state index is 0.606. The Morgan fingerprint density at radius 2 is 1.80 bits per heavy atom. The third-order valence-electron chi connectivity index (χ3n) is 3.66. The van der Waals surface area contributed by atoms with Crippen LogP contribution in [0.4, 0.5) is 17.1 Å². The Bertz CT molecular complexity index is 657. The summed E-state index contributed by atoms with van der Waals surface area (Å²) in [6.45, 7) is 1.69. The van der Waals surface area contributed by atoms with Gasteiger partial charge in [0.05, 0.1) is 22.1 Å². The van der Waals surface area contributed by atoms with E-state index in [2.05, 4.69) is 29.0 Å². The number of benzene rings is 2. The summed E-state index contributed by atoms with van der Waals surface area (Å²) in [5.74, 6) is 0. The maximum atomic E-state index is 11.3. The summed E-state index contributed by atoms with van der Waals surface area (Å²) in [6, 6.07) is 13.6. The van der Waals surface area contributed by atoms with Gasteiger partial charge in [0, 0.05) is 25.7 Å². The largest absolute Gasteiger partial charge is 0.371 e. The summed E-state index contributed by atoms with van der Waals surface area (Å²) in [6.07, 6.45) is 0.863. The summed E-state index contributed by atoms with van der Waals surface area (Å²) in [5.41, 5.74) is 3.65. The third kappa shape index (κ3) is 2.04. The van der Waals surface area contributed by atoms with Crippen LogP contribution in [0.2, 0.25) is 5.02 Å². The maximum absolute atomic E-state index is 11.3. The van der Waals surface area contributed by atoms with Crippen LogP contribution < -0.4 is 9.80 Å². The van der Waals surface area contributed by atoms with Crippen LogP contribution >= 0.6 is 11.6 Å². The Balaban J connectivity index is 2.18. The van der Waals surface area contributed by atoms with E-state index in [-0.39, 0.29) is 0 Å². The second-order valence-electron chi connectivity index (χ2n) is 4.86. The molecule has 1 heterocycles. The quantitative estimate of drug-likeness (QED) is 0.786. The average Bonchev–Trinajstić information content (AvgIpc) is 2.48. The number of anilines is 3. The van der Waals surface area contributed by atoms with Gasteiger partial charge in [-0.1, -0.05) is 29.8 Å². The highest BCUT2D eigenvalue weighted by Crippen LogP contribution is 2.40. The standard InChI is InChI=1S/C16H15ClN2O/c1-18-9-10-19(15-8-3-2-7-14(15)18)16-12(11-20)5-4-6-13(16)17/h2-8,11H,9-10H2,1H3. The molecule has 4 heteroatoms. The van der Waals surface area contributed by atoms with Crippen LogP contribution in [0, 0.1) is 0 Å². The van der Waals surface area contributed by atoms with E-state index < -0.39 is 0 Å². The molecule has 0 bridgehead atoms. The van der Waals surface area contributed by atoms with Crippen LogP contribution in [-0.4, -0.2) is 26.4 Å². The summed E-state index contributed by atoms with van der Waals surface area (Å²) >= 11 is 6.33. The number of fused-ring (bicyclic) bond motifs is 1. The fraction of sp³-hybridized carbons (Fsp3) is 0.188. The first-order chi connectivity index (χ1) is 9.72. The Labute approximate surface area is 123 Å². The lowest BCUT2D eigenvalue weighted by Gasteiger charge is -2.37. The highest BCUT2D eigenvalue weighted by atomic mass is 35.5. The summed E-state index contributed by atoms with van der Waals surface area (Å²) in [5, 5.41) is 0.606.